The van der Waals surface area contributed by atoms with Gasteiger partial charge in [0.15, 0.2) is 0 Å². The van der Waals surface area contributed by atoms with Gasteiger partial charge in [-0.3, -0.25) is 0 Å². The van der Waals surface area contributed by atoms with Crippen LogP contribution < -0.4 is 5.32 Å². The van der Waals surface area contributed by atoms with Gasteiger partial charge >= 0.3 is 0 Å². The molecule has 2 aliphatic rings. The summed E-state index contributed by atoms with van der Waals surface area (Å²) >= 11 is 0. The third-order valence-corrected chi connectivity index (χ3v) is 4.58. The molecule has 15 heavy (non-hydrogen) atoms. The predicted octanol–water partition coefficient (Wildman–Crippen LogP) is 2.85. The van der Waals surface area contributed by atoms with Crippen molar-refractivity contribution in [2.45, 2.75) is 51.9 Å². The summed E-state index contributed by atoms with van der Waals surface area (Å²) in [6.07, 6.45) is 8.80. The van der Waals surface area contributed by atoms with Crippen LogP contribution in [0.5, 0.6) is 0 Å². The highest BCUT2D eigenvalue weighted by Gasteiger charge is 2.43. The Bertz CT molecular complexity index is 251. The van der Waals surface area contributed by atoms with Crippen LogP contribution in [0.15, 0.2) is 0 Å². The molecule has 0 radical (unpaired) electrons. The lowest BCUT2D eigenvalue weighted by Gasteiger charge is -2.41. The molecule has 0 aromatic carbocycles. The maximum absolute atomic E-state index is 8.73. The Hall–Kier alpha value is -0.550. The molecule has 2 saturated carbocycles. The smallest absolute Gasteiger partial charge is 0.0628 e. The summed E-state index contributed by atoms with van der Waals surface area (Å²) in [6, 6.07) is 2.32. The second-order valence-electron chi connectivity index (χ2n) is 5.65. The highest BCUT2D eigenvalue weighted by atomic mass is 14.9. The lowest BCUT2D eigenvalue weighted by molar-refractivity contribution is 0.122. The maximum Gasteiger partial charge on any atom is 0.0628 e. The first-order valence-corrected chi connectivity index (χ1v) is 6.32. The minimum absolute atomic E-state index is 0.368. The van der Waals surface area contributed by atoms with Crippen molar-refractivity contribution in [3.05, 3.63) is 0 Å². The van der Waals surface area contributed by atoms with Crippen molar-refractivity contribution in [3.63, 3.8) is 0 Å². The molecule has 0 atom stereocenters. The van der Waals surface area contributed by atoms with E-state index in [2.05, 4.69) is 18.3 Å². The largest absolute Gasteiger partial charge is 0.316 e. The fraction of sp³-hybridized carbons (Fsp3) is 0.923. The Labute approximate surface area is 93.0 Å². The van der Waals surface area contributed by atoms with E-state index in [4.69, 9.17) is 5.26 Å². The summed E-state index contributed by atoms with van der Waals surface area (Å²) in [5, 5.41) is 12.3. The standard InChI is InChI=1S/C13H22N2/c1-2-12(4-3-5-12)10-15-11-13(6-7-13)8-9-14/h15H,2-8,10-11H2,1H3. The molecule has 1 N–H and O–H groups in total. The molecule has 0 heterocycles. The van der Waals surface area contributed by atoms with Gasteiger partial charge in [-0.05, 0) is 42.9 Å². The van der Waals surface area contributed by atoms with Crippen LogP contribution >= 0.6 is 0 Å². The van der Waals surface area contributed by atoms with Gasteiger partial charge in [0.25, 0.3) is 0 Å². The number of rotatable bonds is 6. The normalized spacial score (nSPS) is 25.3. The lowest BCUT2D eigenvalue weighted by Crippen LogP contribution is -2.41. The van der Waals surface area contributed by atoms with Crippen molar-refractivity contribution in [3.8, 4) is 6.07 Å². The average molecular weight is 206 g/mol. The van der Waals surface area contributed by atoms with E-state index in [1.54, 1.807) is 0 Å². The van der Waals surface area contributed by atoms with Gasteiger partial charge in [-0.1, -0.05) is 13.3 Å². The van der Waals surface area contributed by atoms with Gasteiger partial charge in [0, 0.05) is 19.5 Å². The monoisotopic (exact) mass is 206 g/mol. The van der Waals surface area contributed by atoms with E-state index in [0.29, 0.717) is 10.8 Å². The summed E-state index contributed by atoms with van der Waals surface area (Å²) in [6.45, 7) is 4.56. The Morgan fingerprint density at radius 2 is 1.80 bits per heavy atom. The van der Waals surface area contributed by atoms with Crippen LogP contribution in [0.4, 0.5) is 0 Å². The molecule has 0 spiro atoms. The minimum Gasteiger partial charge on any atom is -0.316 e. The predicted molar refractivity (Wildman–Crippen MR) is 61.3 cm³/mol. The summed E-state index contributed by atoms with van der Waals surface area (Å²) in [4.78, 5) is 0. The Morgan fingerprint density at radius 1 is 1.13 bits per heavy atom. The van der Waals surface area contributed by atoms with Crippen LogP contribution in [0, 0.1) is 22.2 Å². The van der Waals surface area contributed by atoms with Crippen LogP contribution in [0.2, 0.25) is 0 Å². The summed E-state index contributed by atoms with van der Waals surface area (Å²) in [5.74, 6) is 0. The van der Waals surface area contributed by atoms with Crippen LogP contribution in [0.1, 0.15) is 51.9 Å². The molecule has 0 bridgehead atoms. The molecule has 0 aliphatic heterocycles. The SMILES string of the molecule is CCC1(CNCC2(CC#N)CC2)CCC1. The summed E-state index contributed by atoms with van der Waals surface area (Å²) in [5.41, 5.74) is 0.982. The van der Waals surface area contributed by atoms with Gasteiger partial charge in [-0.15, -0.1) is 0 Å². The van der Waals surface area contributed by atoms with E-state index in [1.165, 1.54) is 45.1 Å². The van der Waals surface area contributed by atoms with E-state index < -0.39 is 0 Å². The number of nitrogens with one attached hydrogen (secondary N) is 1. The number of nitrogens with zero attached hydrogens (tertiary/aromatic N) is 1. The summed E-state index contributed by atoms with van der Waals surface area (Å²) in [7, 11) is 0. The fourth-order valence-electron chi connectivity index (χ4n) is 2.69. The molecule has 0 aromatic rings. The zero-order valence-electron chi connectivity index (χ0n) is 9.81. The van der Waals surface area contributed by atoms with Crippen molar-refractivity contribution < 1.29 is 0 Å². The van der Waals surface area contributed by atoms with Gasteiger partial charge in [0.1, 0.15) is 0 Å². The second kappa shape index (κ2) is 4.14. The van der Waals surface area contributed by atoms with Crippen molar-refractivity contribution >= 4 is 0 Å². The molecular weight excluding hydrogens is 184 g/mol. The molecule has 0 aromatic heterocycles. The summed E-state index contributed by atoms with van der Waals surface area (Å²) < 4.78 is 0. The van der Waals surface area contributed by atoms with Crippen LogP contribution in [-0.4, -0.2) is 13.1 Å². The van der Waals surface area contributed by atoms with Gasteiger partial charge in [0.05, 0.1) is 6.07 Å². The van der Waals surface area contributed by atoms with Crippen LogP contribution in [-0.2, 0) is 0 Å². The van der Waals surface area contributed by atoms with Gasteiger partial charge in [-0.25, -0.2) is 0 Å². The Morgan fingerprint density at radius 3 is 2.20 bits per heavy atom. The first kappa shape index (κ1) is 11.0. The third kappa shape index (κ3) is 2.34. The lowest BCUT2D eigenvalue weighted by atomic mass is 9.67. The average Bonchev–Trinajstić information content (AvgIpc) is 2.91. The van der Waals surface area contributed by atoms with Crippen molar-refractivity contribution in [1.29, 1.82) is 5.26 Å². The number of hydrogen-bond donors (Lipinski definition) is 1. The maximum atomic E-state index is 8.73. The Kier molecular flexibility index (Phi) is 3.02. The van der Waals surface area contributed by atoms with Crippen molar-refractivity contribution in [2.24, 2.45) is 10.8 Å². The minimum atomic E-state index is 0.368. The molecule has 0 amide bonds. The van der Waals surface area contributed by atoms with E-state index in [9.17, 15) is 0 Å². The van der Waals surface area contributed by atoms with E-state index >= 15 is 0 Å². The molecule has 2 aliphatic carbocycles. The zero-order chi connectivity index (χ0) is 10.8. The number of nitriles is 1. The molecule has 84 valence electrons. The van der Waals surface area contributed by atoms with E-state index in [0.717, 1.165) is 13.0 Å². The Balaban J connectivity index is 1.69. The van der Waals surface area contributed by atoms with Crippen molar-refractivity contribution in [2.75, 3.05) is 13.1 Å². The van der Waals surface area contributed by atoms with E-state index in [-0.39, 0.29) is 0 Å². The third-order valence-electron chi connectivity index (χ3n) is 4.58. The zero-order valence-corrected chi connectivity index (χ0v) is 9.81. The highest BCUT2D eigenvalue weighted by molar-refractivity contribution is 5.01. The number of hydrogen-bond acceptors (Lipinski definition) is 2. The fourth-order valence-corrected chi connectivity index (χ4v) is 2.69. The molecule has 0 saturated heterocycles. The first-order chi connectivity index (χ1) is 7.24. The molecule has 2 nitrogen and oxygen atoms in total. The van der Waals surface area contributed by atoms with Crippen LogP contribution in [0.25, 0.3) is 0 Å². The van der Waals surface area contributed by atoms with Crippen LogP contribution in [0.3, 0.4) is 0 Å². The van der Waals surface area contributed by atoms with Gasteiger partial charge < -0.3 is 5.32 Å². The van der Waals surface area contributed by atoms with Gasteiger partial charge in [0.2, 0.25) is 0 Å². The second-order valence-corrected chi connectivity index (χ2v) is 5.65. The molecule has 0 unspecified atom stereocenters. The first-order valence-electron chi connectivity index (χ1n) is 6.32. The van der Waals surface area contributed by atoms with Gasteiger partial charge in [-0.2, -0.15) is 5.26 Å². The van der Waals surface area contributed by atoms with Crippen molar-refractivity contribution in [1.82, 2.24) is 5.32 Å². The molecule has 2 rings (SSSR count). The molecule has 2 fully saturated rings. The quantitative estimate of drug-likeness (QED) is 0.725. The van der Waals surface area contributed by atoms with E-state index in [1.807, 2.05) is 0 Å². The molecular formula is C13H22N2. The topological polar surface area (TPSA) is 35.8 Å². The highest BCUT2D eigenvalue weighted by Crippen LogP contribution is 2.48. The molecule has 2 heteroatoms.